The second kappa shape index (κ2) is 10.3. The predicted octanol–water partition coefficient (Wildman–Crippen LogP) is 2.54. The van der Waals surface area contributed by atoms with Crippen LogP contribution in [0.15, 0.2) is 42.6 Å². The Morgan fingerprint density at radius 3 is 2.97 bits per heavy atom. The lowest BCUT2D eigenvalue weighted by Crippen LogP contribution is -2.40. The van der Waals surface area contributed by atoms with Crippen molar-refractivity contribution in [3.63, 3.8) is 0 Å². The summed E-state index contributed by atoms with van der Waals surface area (Å²) in [6.07, 6.45) is 6.30. The van der Waals surface area contributed by atoms with E-state index < -0.39 is 0 Å². The van der Waals surface area contributed by atoms with Crippen molar-refractivity contribution in [2.45, 2.75) is 25.9 Å². The quantitative estimate of drug-likeness (QED) is 0.676. The van der Waals surface area contributed by atoms with Crippen molar-refractivity contribution >= 4 is 29.1 Å². The molecule has 3 heterocycles. The summed E-state index contributed by atoms with van der Waals surface area (Å²) in [6.45, 7) is 7.74. The van der Waals surface area contributed by atoms with E-state index in [0.29, 0.717) is 35.3 Å². The van der Waals surface area contributed by atoms with Gasteiger partial charge in [0.1, 0.15) is 11.5 Å². The number of hydrogen-bond donors (Lipinski definition) is 2. The molecule has 1 saturated heterocycles. The number of anilines is 1. The van der Waals surface area contributed by atoms with E-state index in [1.165, 1.54) is 0 Å². The number of hydrogen-bond acceptors (Lipinski definition) is 5. The number of benzene rings is 1. The number of aromatic nitrogens is 2. The van der Waals surface area contributed by atoms with Crippen LogP contribution >= 0.6 is 11.6 Å². The molecule has 4 rings (SSSR count). The molecule has 1 atom stereocenters. The molecule has 2 aliphatic rings. The number of carbonyl (C=O) groups is 2. The highest BCUT2D eigenvalue weighted by Crippen LogP contribution is 2.25. The first kappa shape index (κ1) is 22.5. The van der Waals surface area contributed by atoms with Gasteiger partial charge in [-0.3, -0.25) is 14.5 Å². The SMILES string of the molecule is C[C@H]1CN(C(=O)/C=C/CN2CCCNCC2)Cc2ncc(C(=O)Nc3ccccc3Cl)n21. The minimum atomic E-state index is -0.268. The fraction of sp³-hybridized carbons (Fsp3) is 0.435. The van der Waals surface area contributed by atoms with E-state index in [1.54, 1.807) is 29.3 Å². The van der Waals surface area contributed by atoms with Gasteiger partial charge in [-0.05, 0) is 38.6 Å². The van der Waals surface area contributed by atoms with Gasteiger partial charge in [-0.1, -0.05) is 29.8 Å². The van der Waals surface area contributed by atoms with E-state index >= 15 is 0 Å². The fourth-order valence-electron chi connectivity index (χ4n) is 4.22. The Labute approximate surface area is 193 Å². The van der Waals surface area contributed by atoms with E-state index in [4.69, 9.17) is 11.6 Å². The zero-order valence-corrected chi connectivity index (χ0v) is 19.0. The van der Waals surface area contributed by atoms with Gasteiger partial charge in [-0.25, -0.2) is 4.98 Å². The minimum absolute atomic E-state index is 0.0267. The van der Waals surface area contributed by atoms with Crippen molar-refractivity contribution in [1.82, 2.24) is 24.7 Å². The van der Waals surface area contributed by atoms with Crippen LogP contribution in [0, 0.1) is 0 Å². The molecule has 0 bridgehead atoms. The molecule has 1 fully saturated rings. The van der Waals surface area contributed by atoms with Crippen molar-refractivity contribution < 1.29 is 9.59 Å². The summed E-state index contributed by atoms with van der Waals surface area (Å²) < 4.78 is 1.91. The maximum absolute atomic E-state index is 12.8. The van der Waals surface area contributed by atoms with E-state index in [1.807, 2.05) is 29.7 Å². The van der Waals surface area contributed by atoms with Crippen molar-refractivity contribution in [3.05, 3.63) is 59.2 Å². The molecule has 0 saturated carbocycles. The topological polar surface area (TPSA) is 82.5 Å². The highest BCUT2D eigenvalue weighted by atomic mass is 35.5. The number of imidazole rings is 1. The number of fused-ring (bicyclic) bond motifs is 1. The van der Waals surface area contributed by atoms with Gasteiger partial charge in [0.2, 0.25) is 5.91 Å². The molecule has 0 unspecified atom stereocenters. The number of nitrogens with one attached hydrogen (secondary N) is 2. The minimum Gasteiger partial charge on any atom is -0.330 e. The first-order chi connectivity index (χ1) is 15.5. The average molecular weight is 457 g/mol. The van der Waals surface area contributed by atoms with Crippen molar-refractivity contribution in [3.8, 4) is 0 Å². The van der Waals surface area contributed by atoms with Gasteiger partial charge in [0.05, 0.1) is 29.5 Å². The van der Waals surface area contributed by atoms with Crippen LogP contribution < -0.4 is 10.6 Å². The standard InChI is InChI=1S/C23H29ClN6O2/c1-17-15-29(22(31)8-4-11-28-12-5-9-25-10-13-28)16-21-26-14-20(30(17)21)23(32)27-19-7-3-2-6-18(19)24/h2-4,6-8,14,17,25H,5,9-13,15-16H2,1H3,(H,27,32)/b8-4+/t17-/m0/s1. The maximum atomic E-state index is 12.8. The Hall–Kier alpha value is -2.68. The average Bonchev–Trinajstić information content (AvgIpc) is 3.05. The zero-order chi connectivity index (χ0) is 22.5. The molecule has 170 valence electrons. The molecule has 0 spiro atoms. The summed E-state index contributed by atoms with van der Waals surface area (Å²) in [6, 6.07) is 7.04. The molecule has 9 heteroatoms. The third-order valence-electron chi connectivity index (χ3n) is 5.85. The second-order valence-corrected chi connectivity index (χ2v) is 8.65. The van der Waals surface area contributed by atoms with Crippen LogP contribution in [0.2, 0.25) is 5.02 Å². The van der Waals surface area contributed by atoms with E-state index in [0.717, 1.165) is 39.1 Å². The number of para-hydroxylation sites is 1. The lowest BCUT2D eigenvalue weighted by atomic mass is 10.2. The van der Waals surface area contributed by atoms with Crippen LogP contribution in [-0.2, 0) is 11.3 Å². The highest BCUT2D eigenvalue weighted by Gasteiger charge is 2.29. The van der Waals surface area contributed by atoms with Crippen LogP contribution in [-0.4, -0.2) is 70.4 Å². The molecule has 2 N–H and O–H groups in total. The molecule has 0 radical (unpaired) electrons. The zero-order valence-electron chi connectivity index (χ0n) is 18.3. The maximum Gasteiger partial charge on any atom is 0.273 e. The van der Waals surface area contributed by atoms with E-state index in [2.05, 4.69) is 20.5 Å². The van der Waals surface area contributed by atoms with E-state index in [9.17, 15) is 9.59 Å². The van der Waals surface area contributed by atoms with Gasteiger partial charge in [-0.2, -0.15) is 0 Å². The molecule has 0 aliphatic carbocycles. The molecule has 32 heavy (non-hydrogen) atoms. The summed E-state index contributed by atoms with van der Waals surface area (Å²) in [5, 5.41) is 6.71. The Balaban J connectivity index is 1.39. The molecule has 8 nitrogen and oxygen atoms in total. The summed E-state index contributed by atoms with van der Waals surface area (Å²) in [7, 11) is 0. The van der Waals surface area contributed by atoms with Gasteiger partial charge >= 0.3 is 0 Å². The molecule has 1 aromatic carbocycles. The van der Waals surface area contributed by atoms with E-state index in [-0.39, 0.29) is 17.9 Å². The first-order valence-electron chi connectivity index (χ1n) is 11.0. The monoisotopic (exact) mass is 456 g/mol. The van der Waals surface area contributed by atoms with Crippen molar-refractivity contribution in [2.75, 3.05) is 44.6 Å². The molecule has 1 aromatic heterocycles. The third-order valence-corrected chi connectivity index (χ3v) is 6.18. The van der Waals surface area contributed by atoms with Gasteiger partial charge in [0, 0.05) is 32.3 Å². The van der Waals surface area contributed by atoms with Crippen LogP contribution in [0.25, 0.3) is 0 Å². The number of halogens is 1. The smallest absolute Gasteiger partial charge is 0.273 e. The largest absolute Gasteiger partial charge is 0.330 e. The molecule has 2 amide bonds. The van der Waals surface area contributed by atoms with Crippen LogP contribution in [0.3, 0.4) is 0 Å². The van der Waals surface area contributed by atoms with Crippen LogP contribution in [0.5, 0.6) is 0 Å². The number of carbonyl (C=O) groups excluding carboxylic acids is 2. The molecule has 2 aromatic rings. The fourth-order valence-corrected chi connectivity index (χ4v) is 4.40. The molecule has 2 aliphatic heterocycles. The first-order valence-corrected chi connectivity index (χ1v) is 11.4. The van der Waals surface area contributed by atoms with Gasteiger partial charge in [0.25, 0.3) is 5.91 Å². The summed E-state index contributed by atoms with van der Waals surface area (Å²) in [5.74, 6) is 0.407. The van der Waals surface area contributed by atoms with Gasteiger partial charge in [0.15, 0.2) is 0 Å². The summed E-state index contributed by atoms with van der Waals surface area (Å²) in [4.78, 5) is 34.2. The number of nitrogens with zero attached hydrogens (tertiary/aromatic N) is 4. The Morgan fingerprint density at radius 1 is 1.28 bits per heavy atom. The van der Waals surface area contributed by atoms with Crippen LogP contribution in [0.1, 0.15) is 35.7 Å². The molecular weight excluding hydrogens is 428 g/mol. The lowest BCUT2D eigenvalue weighted by Gasteiger charge is -2.32. The summed E-state index contributed by atoms with van der Waals surface area (Å²) >= 11 is 6.16. The van der Waals surface area contributed by atoms with Crippen molar-refractivity contribution in [1.29, 1.82) is 0 Å². The normalized spacial score (nSPS) is 19.6. The molecular formula is C23H29ClN6O2. The Bertz CT molecular complexity index is 996. The second-order valence-electron chi connectivity index (χ2n) is 8.24. The van der Waals surface area contributed by atoms with Gasteiger partial charge < -0.3 is 20.1 Å². The lowest BCUT2D eigenvalue weighted by molar-refractivity contribution is -0.128. The Kier molecular flexibility index (Phi) is 7.24. The number of amides is 2. The number of rotatable bonds is 5. The van der Waals surface area contributed by atoms with Crippen molar-refractivity contribution in [2.24, 2.45) is 0 Å². The van der Waals surface area contributed by atoms with Crippen LogP contribution in [0.4, 0.5) is 5.69 Å². The Morgan fingerprint density at radius 2 is 2.12 bits per heavy atom. The summed E-state index contributed by atoms with van der Waals surface area (Å²) in [5.41, 5.74) is 1.02. The predicted molar refractivity (Wildman–Crippen MR) is 125 cm³/mol. The highest BCUT2D eigenvalue weighted by molar-refractivity contribution is 6.33. The van der Waals surface area contributed by atoms with Gasteiger partial charge in [-0.15, -0.1) is 0 Å². The third kappa shape index (κ3) is 5.20.